The molecule has 0 saturated carbocycles. The van der Waals surface area contributed by atoms with Gasteiger partial charge in [-0.05, 0) is 13.1 Å². The Bertz CT molecular complexity index is 691. The van der Waals surface area contributed by atoms with Gasteiger partial charge in [0.15, 0.2) is 0 Å². The molecule has 1 aliphatic heterocycles. The molecule has 130 valence electrons. The zero-order valence-electron chi connectivity index (χ0n) is 14.3. The number of carbonyl (C=O) groups excluding carboxylic acids is 1. The average molecular weight is 331 g/mol. The number of hydrogen-bond acceptors (Lipinski definition) is 4. The summed E-state index contributed by atoms with van der Waals surface area (Å²) in [6, 6.07) is 7.85. The maximum Gasteiger partial charge on any atom is 0.333 e. The van der Waals surface area contributed by atoms with Crippen LogP contribution in [0.25, 0.3) is 10.9 Å². The van der Waals surface area contributed by atoms with Crippen LogP contribution in [0.15, 0.2) is 30.5 Å². The first-order valence-corrected chi connectivity index (χ1v) is 8.25. The highest BCUT2D eigenvalue weighted by molar-refractivity contribution is 6.01. The fraction of sp³-hybridized carbons (Fsp3) is 0.471. The van der Waals surface area contributed by atoms with Crippen molar-refractivity contribution in [1.82, 2.24) is 19.9 Å². The maximum absolute atomic E-state index is 12.3. The third-order valence-electron chi connectivity index (χ3n) is 4.34. The topological polar surface area (TPSA) is 61.8 Å². The number of fused-ring (bicyclic) bond motifs is 1. The van der Waals surface area contributed by atoms with Gasteiger partial charge in [-0.15, -0.1) is 0 Å². The van der Waals surface area contributed by atoms with Crippen LogP contribution in [0.1, 0.15) is 0 Å². The van der Waals surface area contributed by atoms with Crippen LogP contribution in [-0.4, -0.2) is 67.5 Å². The van der Waals surface area contributed by atoms with E-state index in [9.17, 15) is 4.79 Å². The third-order valence-corrected chi connectivity index (χ3v) is 4.34. The molecule has 3 rings (SSSR count). The Kier molecular flexibility index (Phi) is 5.34. The molecule has 0 atom stereocenters. The number of ether oxygens (including phenoxy) is 1. The fourth-order valence-corrected chi connectivity index (χ4v) is 2.93. The number of piperazine rings is 1. The predicted molar refractivity (Wildman–Crippen MR) is 95.0 cm³/mol. The van der Waals surface area contributed by atoms with E-state index in [1.807, 2.05) is 29.4 Å². The van der Waals surface area contributed by atoms with Crippen molar-refractivity contribution >= 4 is 22.6 Å². The van der Waals surface area contributed by atoms with Crippen molar-refractivity contribution in [3.8, 4) is 0 Å². The van der Waals surface area contributed by atoms with Crippen LogP contribution in [0.5, 0.6) is 0 Å². The number of rotatable bonds is 5. The van der Waals surface area contributed by atoms with E-state index in [-0.39, 0.29) is 6.03 Å². The summed E-state index contributed by atoms with van der Waals surface area (Å²) >= 11 is 0. The summed E-state index contributed by atoms with van der Waals surface area (Å²) in [5.74, 6) is 0. The molecule has 24 heavy (non-hydrogen) atoms. The summed E-state index contributed by atoms with van der Waals surface area (Å²) < 4.78 is 7.26. The second-order valence-electron chi connectivity index (χ2n) is 6.10. The molecule has 7 heteroatoms. The normalized spacial score (nSPS) is 16.4. The van der Waals surface area contributed by atoms with Crippen LogP contribution in [-0.2, 0) is 11.3 Å². The van der Waals surface area contributed by atoms with Crippen molar-refractivity contribution in [2.24, 2.45) is 0 Å². The second-order valence-corrected chi connectivity index (χ2v) is 6.10. The molecule has 1 saturated heterocycles. The highest BCUT2D eigenvalue weighted by Crippen LogP contribution is 2.25. The monoisotopic (exact) mass is 331 g/mol. The van der Waals surface area contributed by atoms with Crippen LogP contribution >= 0.6 is 0 Å². The Morgan fingerprint density at radius 2 is 1.96 bits per heavy atom. The van der Waals surface area contributed by atoms with Gasteiger partial charge in [0.25, 0.3) is 0 Å². The SMILES string of the molecule is COCCn1cc(NC(=O)NN2CCN(C)CC2)c2ccccc21. The molecule has 0 bridgehead atoms. The molecule has 0 unspecified atom stereocenters. The van der Waals surface area contributed by atoms with Gasteiger partial charge in [0.1, 0.15) is 0 Å². The minimum absolute atomic E-state index is 0.200. The highest BCUT2D eigenvalue weighted by atomic mass is 16.5. The molecule has 2 amide bonds. The van der Waals surface area contributed by atoms with Gasteiger partial charge in [-0.2, -0.15) is 0 Å². The third kappa shape index (κ3) is 3.87. The van der Waals surface area contributed by atoms with E-state index >= 15 is 0 Å². The van der Waals surface area contributed by atoms with Gasteiger partial charge in [0, 0.05) is 51.4 Å². The number of hydrogen-bond donors (Lipinski definition) is 2. The smallest absolute Gasteiger partial charge is 0.333 e. The van der Waals surface area contributed by atoms with Crippen LogP contribution < -0.4 is 10.7 Å². The van der Waals surface area contributed by atoms with Crippen LogP contribution in [0.3, 0.4) is 0 Å². The molecule has 7 nitrogen and oxygen atoms in total. The first-order chi connectivity index (χ1) is 11.7. The van der Waals surface area contributed by atoms with Crippen molar-refractivity contribution in [3.05, 3.63) is 30.5 Å². The number of carbonyl (C=O) groups is 1. The summed E-state index contributed by atoms with van der Waals surface area (Å²) in [6.07, 6.45) is 1.97. The predicted octanol–water partition coefficient (Wildman–Crippen LogP) is 1.57. The van der Waals surface area contributed by atoms with E-state index < -0.39 is 0 Å². The number of hydrazine groups is 1. The first kappa shape index (κ1) is 16.8. The number of amides is 2. The van der Waals surface area contributed by atoms with Crippen molar-refractivity contribution in [1.29, 1.82) is 0 Å². The van der Waals surface area contributed by atoms with Crippen LogP contribution in [0, 0.1) is 0 Å². The Morgan fingerprint density at radius 1 is 1.21 bits per heavy atom. The van der Waals surface area contributed by atoms with Gasteiger partial charge < -0.3 is 19.5 Å². The van der Waals surface area contributed by atoms with Gasteiger partial charge in [-0.3, -0.25) is 5.43 Å². The van der Waals surface area contributed by atoms with Crippen LogP contribution in [0.2, 0.25) is 0 Å². The minimum atomic E-state index is -0.200. The lowest BCUT2D eigenvalue weighted by molar-refractivity contribution is 0.116. The molecule has 0 aliphatic carbocycles. The number of likely N-dealkylation sites (N-methyl/N-ethyl adjacent to an activating group) is 1. The molecule has 1 aliphatic rings. The number of anilines is 1. The molecule has 2 aromatic rings. The lowest BCUT2D eigenvalue weighted by atomic mass is 10.2. The van der Waals surface area contributed by atoms with E-state index in [0.29, 0.717) is 6.61 Å². The summed E-state index contributed by atoms with van der Waals surface area (Å²) in [5.41, 5.74) is 4.83. The number of para-hydroxylation sites is 1. The van der Waals surface area contributed by atoms with Gasteiger partial charge in [-0.1, -0.05) is 18.2 Å². The molecule has 1 fully saturated rings. The van der Waals surface area contributed by atoms with Gasteiger partial charge in [0.05, 0.1) is 17.8 Å². The lowest BCUT2D eigenvalue weighted by Gasteiger charge is -2.32. The van der Waals surface area contributed by atoms with Gasteiger partial charge >= 0.3 is 6.03 Å². The molecule has 0 spiro atoms. The zero-order chi connectivity index (χ0) is 16.9. The Morgan fingerprint density at radius 3 is 2.71 bits per heavy atom. The number of methoxy groups -OCH3 is 1. The second kappa shape index (κ2) is 7.65. The molecule has 2 heterocycles. The molecule has 1 aromatic heterocycles. The number of benzene rings is 1. The first-order valence-electron chi connectivity index (χ1n) is 8.25. The fourth-order valence-electron chi connectivity index (χ4n) is 2.93. The van der Waals surface area contributed by atoms with Crippen LogP contribution in [0.4, 0.5) is 10.5 Å². The number of nitrogens with zero attached hydrogens (tertiary/aromatic N) is 3. The lowest BCUT2D eigenvalue weighted by Crippen LogP contribution is -2.53. The Labute approximate surface area is 142 Å². The highest BCUT2D eigenvalue weighted by Gasteiger charge is 2.17. The average Bonchev–Trinajstić information content (AvgIpc) is 2.93. The van der Waals surface area contributed by atoms with E-state index in [4.69, 9.17) is 4.74 Å². The quantitative estimate of drug-likeness (QED) is 0.873. The standard InChI is InChI=1S/C17H25N5O2/c1-20-7-9-22(10-8-20)19-17(23)18-15-13-21(11-12-24-2)16-6-4-3-5-14(15)16/h3-6,13H,7-12H2,1-2H3,(H2,18,19,23). The molecule has 0 radical (unpaired) electrons. The van der Waals surface area contributed by atoms with E-state index in [2.05, 4.69) is 33.3 Å². The Balaban J connectivity index is 1.69. The maximum atomic E-state index is 12.3. The largest absolute Gasteiger partial charge is 0.383 e. The van der Waals surface area contributed by atoms with Crippen molar-refractivity contribution < 1.29 is 9.53 Å². The van der Waals surface area contributed by atoms with E-state index in [0.717, 1.165) is 49.3 Å². The van der Waals surface area contributed by atoms with Crippen molar-refractivity contribution in [2.75, 3.05) is 52.3 Å². The van der Waals surface area contributed by atoms with Crippen molar-refractivity contribution in [2.45, 2.75) is 6.54 Å². The number of urea groups is 1. The summed E-state index contributed by atoms with van der Waals surface area (Å²) in [6.45, 7) is 4.95. The molecule has 2 N–H and O–H groups in total. The van der Waals surface area contributed by atoms with Crippen molar-refractivity contribution in [3.63, 3.8) is 0 Å². The minimum Gasteiger partial charge on any atom is -0.383 e. The Hall–Kier alpha value is -2.09. The molecular formula is C17H25N5O2. The number of nitrogens with one attached hydrogen (secondary N) is 2. The number of aromatic nitrogens is 1. The van der Waals surface area contributed by atoms with E-state index in [1.54, 1.807) is 7.11 Å². The zero-order valence-corrected chi connectivity index (χ0v) is 14.3. The van der Waals surface area contributed by atoms with E-state index in [1.165, 1.54) is 0 Å². The molecular weight excluding hydrogens is 306 g/mol. The van der Waals surface area contributed by atoms with Gasteiger partial charge in [-0.25, -0.2) is 9.80 Å². The summed E-state index contributed by atoms with van der Waals surface area (Å²) in [5, 5.41) is 5.96. The summed E-state index contributed by atoms with van der Waals surface area (Å²) in [4.78, 5) is 14.6. The molecule has 1 aromatic carbocycles. The van der Waals surface area contributed by atoms with Gasteiger partial charge in [0.2, 0.25) is 0 Å². The summed E-state index contributed by atoms with van der Waals surface area (Å²) in [7, 11) is 3.78.